The first-order valence-corrected chi connectivity index (χ1v) is 19.2. The third-order valence-corrected chi connectivity index (χ3v) is 10.0. The van der Waals surface area contributed by atoms with Crippen LogP contribution in [0.25, 0.3) is 44.5 Å². The van der Waals surface area contributed by atoms with Gasteiger partial charge in [-0.15, -0.1) is 53.6 Å². The summed E-state index contributed by atoms with van der Waals surface area (Å²) >= 11 is 0. The van der Waals surface area contributed by atoms with E-state index in [-0.39, 0.29) is 20.1 Å². The van der Waals surface area contributed by atoms with E-state index in [1.54, 1.807) is 0 Å². The van der Waals surface area contributed by atoms with E-state index in [1.165, 1.54) is 21.9 Å². The first kappa shape index (κ1) is 34.5. The first-order valence-electron chi connectivity index (χ1n) is 15.7. The van der Waals surface area contributed by atoms with Gasteiger partial charge in [0, 0.05) is 37.9 Å². The van der Waals surface area contributed by atoms with Gasteiger partial charge in [0.2, 0.25) is 0 Å². The molecule has 0 bridgehead atoms. The van der Waals surface area contributed by atoms with E-state index in [4.69, 9.17) is 9.40 Å². The number of nitrogens with zero attached hydrogens (tertiary/aromatic N) is 2. The molecule has 0 aliphatic carbocycles. The Labute approximate surface area is 283 Å². The number of hydrogen-bond acceptors (Lipinski definition) is 3. The van der Waals surface area contributed by atoms with Crippen LogP contribution in [0.1, 0.15) is 55.9 Å². The van der Waals surface area contributed by atoms with Crippen molar-refractivity contribution in [1.82, 2.24) is 9.97 Å². The molecule has 5 heteroatoms. The van der Waals surface area contributed by atoms with Gasteiger partial charge >= 0.3 is 0 Å². The van der Waals surface area contributed by atoms with E-state index in [1.807, 2.05) is 31.3 Å². The molecule has 3 aromatic heterocycles. The zero-order valence-corrected chi connectivity index (χ0v) is 31.4. The summed E-state index contributed by atoms with van der Waals surface area (Å²) in [6.45, 7) is 20.3. The Bertz CT molecular complexity index is 1880. The molecule has 0 saturated heterocycles. The minimum Gasteiger partial charge on any atom is -0.501 e. The molecule has 3 nitrogen and oxygen atoms in total. The maximum Gasteiger partial charge on any atom is 0.121 e. The van der Waals surface area contributed by atoms with Crippen molar-refractivity contribution in [2.24, 2.45) is 5.92 Å². The average Bonchev–Trinajstić information content (AvgIpc) is 3.36. The predicted molar refractivity (Wildman–Crippen MR) is 189 cm³/mol. The molecule has 0 amide bonds. The van der Waals surface area contributed by atoms with Gasteiger partial charge in [-0.05, 0) is 58.9 Å². The predicted octanol–water partition coefficient (Wildman–Crippen LogP) is 10.5. The minimum absolute atomic E-state index is 0. The number of hydrogen-bond donors (Lipinski definition) is 0. The van der Waals surface area contributed by atoms with Crippen LogP contribution in [0.3, 0.4) is 0 Å². The van der Waals surface area contributed by atoms with Gasteiger partial charge in [0.1, 0.15) is 5.58 Å². The van der Waals surface area contributed by atoms with E-state index < -0.39 is 8.07 Å². The van der Waals surface area contributed by atoms with E-state index in [0.29, 0.717) is 11.8 Å². The van der Waals surface area contributed by atoms with Crippen LogP contribution in [0.15, 0.2) is 83.5 Å². The molecule has 0 spiro atoms. The molecule has 6 aromatic rings. The average molecular weight is 789 g/mol. The number of aryl methyl sites for hydroxylation is 2. The molecule has 235 valence electrons. The number of aromatic nitrogens is 2. The summed E-state index contributed by atoms with van der Waals surface area (Å²) in [7, 11) is -1.35. The zero-order valence-electron chi connectivity index (χ0n) is 28.0. The Morgan fingerprint density at radius 1 is 0.778 bits per heavy atom. The molecule has 1 radical (unpaired) electrons. The van der Waals surface area contributed by atoms with Crippen LogP contribution in [0.5, 0.6) is 0 Å². The van der Waals surface area contributed by atoms with Crippen LogP contribution in [-0.4, -0.2) is 18.0 Å². The molecule has 3 aromatic carbocycles. The molecule has 0 N–H and O–H groups in total. The maximum absolute atomic E-state index is 6.19. The first-order chi connectivity index (χ1) is 20.9. The summed E-state index contributed by atoms with van der Waals surface area (Å²) in [5, 5.41) is 3.75. The van der Waals surface area contributed by atoms with Crippen molar-refractivity contribution in [2.75, 3.05) is 0 Å². The quantitative estimate of drug-likeness (QED) is 0.125. The van der Waals surface area contributed by atoms with Gasteiger partial charge < -0.3 is 14.4 Å². The van der Waals surface area contributed by atoms with Gasteiger partial charge in [-0.3, -0.25) is 0 Å². The van der Waals surface area contributed by atoms with Crippen LogP contribution >= 0.6 is 0 Å². The van der Waals surface area contributed by atoms with Crippen molar-refractivity contribution in [2.45, 2.75) is 73.5 Å². The maximum atomic E-state index is 6.19. The van der Waals surface area contributed by atoms with Crippen LogP contribution < -0.4 is 5.19 Å². The van der Waals surface area contributed by atoms with Gasteiger partial charge in [0.25, 0.3) is 0 Å². The number of rotatable bonds is 6. The number of fused-ring (bicyclic) bond motifs is 3. The molecule has 0 saturated carbocycles. The molecule has 0 atom stereocenters. The van der Waals surface area contributed by atoms with E-state index in [2.05, 4.69) is 126 Å². The molecule has 0 aliphatic heterocycles. The summed E-state index contributed by atoms with van der Waals surface area (Å²) in [4.78, 5) is 9.24. The third kappa shape index (κ3) is 8.08. The second-order valence-electron chi connectivity index (χ2n) is 13.7. The van der Waals surface area contributed by atoms with Crippen LogP contribution in [-0.2, 0) is 26.5 Å². The number of furan rings is 1. The van der Waals surface area contributed by atoms with Gasteiger partial charge in [0.15, 0.2) is 0 Å². The Morgan fingerprint density at radius 2 is 1.51 bits per heavy atom. The van der Waals surface area contributed by atoms with E-state index >= 15 is 0 Å². The molecule has 0 fully saturated rings. The Kier molecular flexibility index (Phi) is 11.0. The summed E-state index contributed by atoms with van der Waals surface area (Å²) in [5.74, 6) is 1.15. The smallest absolute Gasteiger partial charge is 0.121 e. The van der Waals surface area contributed by atoms with Crippen molar-refractivity contribution >= 4 is 35.2 Å². The standard InChI is InChI=1S/C21H18NO.C19H26NSi.Ir/c1-13(2)15-8-9-16-17-5-4-6-18(21(17)23-20(16)11-15)19-10-7-14(3)12-22-19;1-14(2)11-17-12-18(16-9-7-15(3)8-10-16)20-13-19(17)21(4,5)6;/h4-5,7-13H,1-3H3;7-9,12-14H,11H2,1-6H3;/q2*-1;. The van der Waals surface area contributed by atoms with E-state index in [0.717, 1.165) is 56.4 Å². The topological polar surface area (TPSA) is 38.9 Å². The summed E-state index contributed by atoms with van der Waals surface area (Å²) in [5.41, 5.74) is 10.9. The van der Waals surface area contributed by atoms with E-state index in [9.17, 15) is 0 Å². The Hall–Kier alpha value is -3.37. The monoisotopic (exact) mass is 789 g/mol. The second kappa shape index (κ2) is 14.4. The van der Waals surface area contributed by atoms with Gasteiger partial charge in [-0.25, -0.2) is 0 Å². The normalized spacial score (nSPS) is 11.5. The van der Waals surface area contributed by atoms with Crippen LogP contribution in [0, 0.1) is 31.9 Å². The van der Waals surface area contributed by atoms with Crippen molar-refractivity contribution in [1.29, 1.82) is 0 Å². The van der Waals surface area contributed by atoms with Crippen molar-refractivity contribution < 1.29 is 24.5 Å². The summed E-state index contributed by atoms with van der Waals surface area (Å²) in [6, 6.07) is 29.8. The largest absolute Gasteiger partial charge is 0.501 e. The van der Waals surface area contributed by atoms with Gasteiger partial charge in [-0.1, -0.05) is 101 Å². The Balaban J connectivity index is 0.000000201. The number of benzene rings is 3. The van der Waals surface area contributed by atoms with Gasteiger partial charge in [-0.2, -0.15) is 0 Å². The number of pyridine rings is 2. The van der Waals surface area contributed by atoms with Crippen molar-refractivity contribution in [3.8, 4) is 22.5 Å². The molecule has 6 rings (SSSR count). The minimum atomic E-state index is -1.35. The second-order valence-corrected chi connectivity index (χ2v) is 18.7. The fourth-order valence-electron chi connectivity index (χ4n) is 5.51. The molecular weight excluding hydrogens is 745 g/mol. The molecular formula is C40H44IrN2OSi-2. The van der Waals surface area contributed by atoms with Gasteiger partial charge in [0.05, 0.1) is 13.7 Å². The molecule has 0 unspecified atom stereocenters. The molecule has 45 heavy (non-hydrogen) atoms. The molecule has 0 aliphatic rings. The SMILES string of the molecule is Cc1c[c-]c(-c2cc(CC(C)C)c([Si](C)(C)C)cn2)cc1.Cc1ccc(-c2[c-]ccc3c2oc2cc(C(C)C)ccc23)nc1.[Ir]. The third-order valence-electron chi connectivity index (χ3n) is 7.96. The van der Waals surface area contributed by atoms with Crippen molar-refractivity contribution in [3.63, 3.8) is 0 Å². The summed E-state index contributed by atoms with van der Waals surface area (Å²) in [6.07, 6.45) is 5.12. The fraction of sp³-hybridized carbons (Fsp3) is 0.300. The van der Waals surface area contributed by atoms with Crippen molar-refractivity contribution in [3.05, 3.63) is 114 Å². The summed E-state index contributed by atoms with van der Waals surface area (Å²) < 4.78 is 6.19. The van der Waals surface area contributed by atoms with Crippen LogP contribution in [0.2, 0.25) is 19.6 Å². The van der Waals surface area contributed by atoms with Crippen LogP contribution in [0.4, 0.5) is 0 Å². The molecule has 3 heterocycles. The fourth-order valence-corrected chi connectivity index (χ4v) is 7.10. The Morgan fingerprint density at radius 3 is 2.13 bits per heavy atom. The zero-order chi connectivity index (χ0) is 31.6.